The fourth-order valence-electron chi connectivity index (χ4n) is 3.17. The Bertz CT molecular complexity index is 822. The number of para-hydroxylation sites is 1. The molecule has 4 heteroatoms. The summed E-state index contributed by atoms with van der Waals surface area (Å²) in [6.45, 7) is 11.4. The number of carbonyl (C=O) groups is 1. The van der Waals surface area contributed by atoms with Crippen molar-refractivity contribution in [1.82, 2.24) is 0 Å². The summed E-state index contributed by atoms with van der Waals surface area (Å²) in [5.41, 5.74) is 7.19. The van der Waals surface area contributed by atoms with E-state index >= 15 is 0 Å². The molecule has 2 atom stereocenters. The Kier molecular flexibility index (Phi) is 6.11. The van der Waals surface area contributed by atoms with Crippen molar-refractivity contribution in [3.63, 3.8) is 0 Å². The van der Waals surface area contributed by atoms with Crippen LogP contribution in [0.2, 0.25) is 0 Å². The van der Waals surface area contributed by atoms with Crippen molar-refractivity contribution in [3.05, 3.63) is 77.9 Å². The fourth-order valence-corrected chi connectivity index (χ4v) is 3.17. The molecule has 0 fully saturated rings. The molecule has 0 unspecified atom stereocenters. The fraction of sp³-hybridized carbons (Fsp3) is 0.348. The third-order valence-electron chi connectivity index (χ3n) is 4.43. The number of rotatable bonds is 6. The van der Waals surface area contributed by atoms with Crippen molar-refractivity contribution in [2.24, 2.45) is 5.73 Å². The number of hydrogen-bond donors (Lipinski definition) is 1. The molecule has 2 N–H and O–H groups in total. The van der Waals surface area contributed by atoms with Gasteiger partial charge >= 0.3 is 5.97 Å². The van der Waals surface area contributed by atoms with Crippen LogP contribution in [0.25, 0.3) is 0 Å². The van der Waals surface area contributed by atoms with Gasteiger partial charge in [-0.25, -0.2) is 4.79 Å². The molecule has 0 saturated carbocycles. The van der Waals surface area contributed by atoms with E-state index in [-0.39, 0.29) is 0 Å². The lowest BCUT2D eigenvalue weighted by molar-refractivity contribution is -0.162. The lowest BCUT2D eigenvalue weighted by Gasteiger charge is -2.37. The minimum Gasteiger partial charge on any atom is -0.496 e. The molecule has 0 saturated heterocycles. The van der Waals surface area contributed by atoms with E-state index in [1.165, 1.54) is 0 Å². The van der Waals surface area contributed by atoms with E-state index in [0.29, 0.717) is 11.3 Å². The van der Waals surface area contributed by atoms with Gasteiger partial charge in [-0.3, -0.25) is 0 Å². The van der Waals surface area contributed by atoms with E-state index in [0.717, 1.165) is 11.1 Å². The first kappa shape index (κ1) is 20.7. The van der Waals surface area contributed by atoms with E-state index in [1.54, 1.807) is 13.2 Å². The third kappa shape index (κ3) is 4.40. The van der Waals surface area contributed by atoms with Crippen LogP contribution in [0.3, 0.4) is 0 Å². The molecule has 0 aromatic heterocycles. The number of nitrogens with two attached hydrogens (primary N) is 1. The van der Waals surface area contributed by atoms with E-state index < -0.39 is 23.0 Å². The summed E-state index contributed by atoms with van der Waals surface area (Å²) < 4.78 is 11.2. The highest BCUT2D eigenvalue weighted by atomic mass is 16.6. The van der Waals surface area contributed by atoms with E-state index in [1.807, 2.05) is 76.2 Å². The van der Waals surface area contributed by atoms with Gasteiger partial charge in [-0.15, -0.1) is 6.58 Å². The van der Waals surface area contributed by atoms with Crippen LogP contribution in [0.15, 0.2) is 61.2 Å². The van der Waals surface area contributed by atoms with Gasteiger partial charge in [0.1, 0.15) is 11.4 Å². The summed E-state index contributed by atoms with van der Waals surface area (Å²) in [5.74, 6) is -0.393. The molecule has 0 bridgehead atoms. The second-order valence-corrected chi connectivity index (χ2v) is 7.70. The van der Waals surface area contributed by atoms with E-state index in [9.17, 15) is 4.79 Å². The smallest absolute Gasteiger partial charge is 0.332 e. The Balaban J connectivity index is 2.70. The predicted octanol–water partition coefficient (Wildman–Crippen LogP) is 4.47. The van der Waals surface area contributed by atoms with Crippen LogP contribution < -0.4 is 10.5 Å². The lowest BCUT2D eigenvalue weighted by atomic mass is 9.74. The number of aryl methyl sites for hydroxylation is 1. The monoisotopic (exact) mass is 367 g/mol. The van der Waals surface area contributed by atoms with E-state index in [4.69, 9.17) is 15.2 Å². The van der Waals surface area contributed by atoms with Crippen LogP contribution in [-0.4, -0.2) is 18.7 Å². The van der Waals surface area contributed by atoms with Crippen molar-refractivity contribution in [2.45, 2.75) is 44.8 Å². The number of hydrogen-bond acceptors (Lipinski definition) is 4. The van der Waals surface area contributed by atoms with Gasteiger partial charge in [-0.2, -0.15) is 0 Å². The van der Waals surface area contributed by atoms with Crippen LogP contribution in [0.1, 0.15) is 43.4 Å². The SMILES string of the molecule is C=C[C@@H](c1ccccc1OC)[C@@](N)(C(=O)OC(C)(C)C)c1cccc(C)c1. The molecule has 0 aliphatic carbocycles. The van der Waals surface area contributed by atoms with Crippen molar-refractivity contribution >= 4 is 5.97 Å². The zero-order valence-corrected chi connectivity index (χ0v) is 16.8. The highest BCUT2D eigenvalue weighted by molar-refractivity contribution is 5.85. The molecule has 0 aliphatic rings. The van der Waals surface area contributed by atoms with Crippen LogP contribution in [0.5, 0.6) is 5.75 Å². The summed E-state index contributed by atoms with van der Waals surface area (Å²) >= 11 is 0. The van der Waals surface area contributed by atoms with Gasteiger partial charge in [0, 0.05) is 11.5 Å². The van der Waals surface area contributed by atoms with Crippen molar-refractivity contribution < 1.29 is 14.3 Å². The van der Waals surface area contributed by atoms with Gasteiger partial charge in [-0.1, -0.05) is 54.1 Å². The molecular weight excluding hydrogens is 338 g/mol. The Morgan fingerprint density at radius 2 is 1.81 bits per heavy atom. The summed E-state index contributed by atoms with van der Waals surface area (Å²) in [4.78, 5) is 13.3. The molecule has 2 rings (SSSR count). The quantitative estimate of drug-likeness (QED) is 0.604. The van der Waals surface area contributed by atoms with E-state index in [2.05, 4.69) is 6.58 Å². The molecule has 144 valence electrons. The maximum absolute atomic E-state index is 13.3. The Morgan fingerprint density at radius 3 is 2.37 bits per heavy atom. The van der Waals surface area contributed by atoms with Crippen LogP contribution in [-0.2, 0) is 15.1 Å². The topological polar surface area (TPSA) is 61.5 Å². The Morgan fingerprint density at radius 1 is 1.15 bits per heavy atom. The number of benzene rings is 2. The molecular formula is C23H29NO3. The first-order chi connectivity index (χ1) is 12.6. The minimum atomic E-state index is -1.45. The van der Waals surface area contributed by atoms with Crippen LogP contribution >= 0.6 is 0 Å². The molecule has 0 aliphatic heterocycles. The van der Waals surface area contributed by atoms with Crippen molar-refractivity contribution in [3.8, 4) is 5.75 Å². The standard InChI is InChI=1S/C23H29NO3/c1-7-19(18-13-8-9-14-20(18)26-6)23(24,21(25)27-22(3,4)5)17-12-10-11-16(2)15-17/h7-15,19H,1,24H2,2-6H3/t19-,23+/m0/s1. The number of carbonyl (C=O) groups excluding carboxylic acids is 1. The maximum Gasteiger partial charge on any atom is 0.332 e. The predicted molar refractivity (Wildman–Crippen MR) is 109 cm³/mol. The lowest BCUT2D eigenvalue weighted by Crippen LogP contribution is -2.52. The van der Waals surface area contributed by atoms with Crippen molar-refractivity contribution in [1.29, 1.82) is 0 Å². The number of methoxy groups -OCH3 is 1. The summed E-state index contributed by atoms with van der Waals surface area (Å²) in [6.07, 6.45) is 1.68. The number of ether oxygens (including phenoxy) is 2. The highest BCUT2D eigenvalue weighted by Gasteiger charge is 2.47. The largest absolute Gasteiger partial charge is 0.496 e. The average Bonchev–Trinajstić information content (AvgIpc) is 2.61. The summed E-state index contributed by atoms with van der Waals surface area (Å²) in [5, 5.41) is 0. The average molecular weight is 367 g/mol. The molecule has 0 heterocycles. The Hall–Kier alpha value is -2.59. The molecule has 4 nitrogen and oxygen atoms in total. The summed E-state index contributed by atoms with van der Waals surface area (Å²) in [6, 6.07) is 15.1. The van der Waals surface area contributed by atoms with Gasteiger partial charge in [0.25, 0.3) is 0 Å². The van der Waals surface area contributed by atoms with Gasteiger partial charge in [0.05, 0.1) is 7.11 Å². The molecule has 0 amide bonds. The third-order valence-corrected chi connectivity index (χ3v) is 4.43. The van der Waals surface area contributed by atoms with Gasteiger partial charge in [0.15, 0.2) is 5.54 Å². The maximum atomic E-state index is 13.3. The first-order valence-corrected chi connectivity index (χ1v) is 8.98. The Labute approximate surface area is 162 Å². The van der Waals surface area contributed by atoms with Gasteiger partial charge < -0.3 is 15.2 Å². The van der Waals surface area contributed by atoms with Crippen LogP contribution in [0, 0.1) is 6.92 Å². The molecule has 0 radical (unpaired) electrons. The molecule has 2 aromatic carbocycles. The van der Waals surface area contributed by atoms with Gasteiger partial charge in [0.2, 0.25) is 0 Å². The van der Waals surface area contributed by atoms with Gasteiger partial charge in [-0.05, 0) is 39.3 Å². The zero-order valence-electron chi connectivity index (χ0n) is 16.8. The normalized spacial score (nSPS) is 14.7. The molecule has 2 aromatic rings. The zero-order chi connectivity index (χ0) is 20.2. The van der Waals surface area contributed by atoms with Crippen LogP contribution in [0.4, 0.5) is 0 Å². The minimum absolute atomic E-state index is 0.503. The second kappa shape index (κ2) is 7.97. The molecule has 27 heavy (non-hydrogen) atoms. The summed E-state index contributed by atoms with van der Waals surface area (Å²) in [7, 11) is 1.59. The first-order valence-electron chi connectivity index (χ1n) is 8.98. The number of esters is 1. The molecule has 0 spiro atoms. The highest BCUT2D eigenvalue weighted by Crippen LogP contribution is 2.41. The second-order valence-electron chi connectivity index (χ2n) is 7.70. The van der Waals surface area contributed by atoms with Crippen molar-refractivity contribution in [2.75, 3.05) is 7.11 Å².